The van der Waals surface area contributed by atoms with E-state index in [1.807, 2.05) is 34.5 Å². The first-order valence-electron chi connectivity index (χ1n) is 5.91. The molecule has 0 saturated carbocycles. The maximum Gasteiger partial charge on any atom is 0.335 e. The second-order valence-corrected chi connectivity index (χ2v) is 5.47. The highest BCUT2D eigenvalue weighted by Crippen LogP contribution is 2.31. The maximum atomic E-state index is 10.8. The summed E-state index contributed by atoms with van der Waals surface area (Å²) in [7, 11) is 1.82. The van der Waals surface area contributed by atoms with Crippen molar-refractivity contribution in [2.24, 2.45) is 0 Å². The van der Waals surface area contributed by atoms with Gasteiger partial charge in [0.15, 0.2) is 0 Å². The molecule has 0 radical (unpaired) electrons. The zero-order chi connectivity index (χ0) is 15.6. The minimum absolute atomic E-state index is 0.0396. The van der Waals surface area contributed by atoms with Crippen molar-refractivity contribution < 1.29 is 14.8 Å². The van der Waals surface area contributed by atoms with Crippen LogP contribution in [0.1, 0.15) is 10.4 Å². The molecule has 21 heavy (non-hydrogen) atoms. The first kappa shape index (κ1) is 15.2. The molecule has 0 unspecified atom stereocenters. The Morgan fingerprint density at radius 2 is 1.86 bits per heavy atom. The van der Waals surface area contributed by atoms with Crippen molar-refractivity contribution in [1.29, 1.82) is 0 Å². The van der Waals surface area contributed by atoms with E-state index in [9.17, 15) is 14.9 Å². The van der Waals surface area contributed by atoms with Crippen LogP contribution in [0, 0.1) is 13.7 Å². The van der Waals surface area contributed by atoms with Gasteiger partial charge in [-0.15, -0.1) is 0 Å². The molecule has 108 valence electrons. The van der Waals surface area contributed by atoms with Crippen LogP contribution < -0.4 is 4.90 Å². The standard InChI is InChI=1S/C14H11IN2O4/c1-16(10-4-2-9(3-5-10)14(18)19)13-7-6-11(17(20)21)8-12(13)15/h2-8H,1H3,(H,18,19). The number of carboxylic acids is 1. The Labute approximate surface area is 134 Å². The molecule has 0 aliphatic heterocycles. The van der Waals surface area contributed by atoms with Crippen LogP contribution in [-0.2, 0) is 0 Å². The van der Waals surface area contributed by atoms with Gasteiger partial charge in [0.05, 0.1) is 16.2 Å². The van der Waals surface area contributed by atoms with Crippen LogP contribution in [0.4, 0.5) is 17.1 Å². The van der Waals surface area contributed by atoms with E-state index in [0.29, 0.717) is 0 Å². The lowest BCUT2D eigenvalue weighted by atomic mass is 10.2. The number of hydrogen-bond acceptors (Lipinski definition) is 4. The zero-order valence-corrected chi connectivity index (χ0v) is 13.1. The number of benzene rings is 2. The van der Waals surface area contributed by atoms with Gasteiger partial charge >= 0.3 is 5.97 Å². The summed E-state index contributed by atoms with van der Waals surface area (Å²) < 4.78 is 0.742. The molecule has 2 aromatic rings. The number of nitro groups is 1. The van der Waals surface area contributed by atoms with Gasteiger partial charge < -0.3 is 10.0 Å². The highest BCUT2D eigenvalue weighted by molar-refractivity contribution is 14.1. The second-order valence-electron chi connectivity index (χ2n) is 4.30. The van der Waals surface area contributed by atoms with Crippen molar-refractivity contribution in [1.82, 2.24) is 0 Å². The lowest BCUT2D eigenvalue weighted by Crippen LogP contribution is -2.11. The van der Waals surface area contributed by atoms with Crippen LogP contribution in [0.5, 0.6) is 0 Å². The van der Waals surface area contributed by atoms with Crippen LogP contribution in [0.3, 0.4) is 0 Å². The fourth-order valence-corrected chi connectivity index (χ4v) is 2.71. The molecule has 2 aromatic carbocycles. The molecule has 6 nitrogen and oxygen atoms in total. The SMILES string of the molecule is CN(c1ccc(C(=O)O)cc1)c1ccc([N+](=O)[O-])cc1I. The van der Waals surface area contributed by atoms with Gasteiger partial charge in [-0.3, -0.25) is 10.1 Å². The molecule has 0 heterocycles. The zero-order valence-electron chi connectivity index (χ0n) is 11.0. The Hall–Kier alpha value is -2.16. The lowest BCUT2D eigenvalue weighted by molar-refractivity contribution is -0.384. The summed E-state index contributed by atoms with van der Waals surface area (Å²) in [5.74, 6) is -0.978. The van der Waals surface area contributed by atoms with E-state index in [-0.39, 0.29) is 11.3 Å². The Morgan fingerprint density at radius 3 is 2.33 bits per heavy atom. The fraction of sp³-hybridized carbons (Fsp3) is 0.0714. The molecular formula is C14H11IN2O4. The van der Waals surface area contributed by atoms with Gasteiger partial charge in [-0.2, -0.15) is 0 Å². The third-order valence-electron chi connectivity index (χ3n) is 3.00. The Bertz CT molecular complexity index is 701. The van der Waals surface area contributed by atoms with Gasteiger partial charge in [-0.25, -0.2) is 4.79 Å². The van der Waals surface area contributed by atoms with Crippen molar-refractivity contribution in [2.45, 2.75) is 0 Å². The summed E-state index contributed by atoms with van der Waals surface area (Å²) >= 11 is 2.04. The molecule has 0 aromatic heterocycles. The van der Waals surface area contributed by atoms with Gasteiger partial charge in [0.1, 0.15) is 0 Å². The largest absolute Gasteiger partial charge is 0.478 e. The van der Waals surface area contributed by atoms with Gasteiger partial charge in [-0.1, -0.05) is 0 Å². The lowest BCUT2D eigenvalue weighted by Gasteiger charge is -2.21. The quantitative estimate of drug-likeness (QED) is 0.483. The van der Waals surface area contributed by atoms with Gasteiger partial charge in [0.2, 0.25) is 0 Å². The number of hydrogen-bond donors (Lipinski definition) is 1. The normalized spacial score (nSPS) is 10.2. The van der Waals surface area contributed by atoms with E-state index in [1.54, 1.807) is 18.2 Å². The highest BCUT2D eigenvalue weighted by Gasteiger charge is 2.13. The van der Waals surface area contributed by atoms with Crippen molar-refractivity contribution in [3.63, 3.8) is 0 Å². The van der Waals surface area contributed by atoms with E-state index in [0.717, 1.165) is 14.9 Å². The van der Waals surface area contributed by atoms with Gasteiger partial charge in [0, 0.05) is 28.4 Å². The molecule has 0 atom stereocenters. The Morgan fingerprint density at radius 1 is 1.24 bits per heavy atom. The Balaban J connectivity index is 2.33. The predicted molar refractivity (Wildman–Crippen MR) is 87.3 cm³/mol. The Kier molecular flexibility index (Phi) is 4.41. The van der Waals surface area contributed by atoms with Crippen molar-refractivity contribution >= 4 is 45.6 Å². The molecule has 0 spiro atoms. The molecule has 1 N–H and O–H groups in total. The number of aromatic carboxylic acids is 1. The number of non-ortho nitro benzene ring substituents is 1. The smallest absolute Gasteiger partial charge is 0.335 e. The monoisotopic (exact) mass is 398 g/mol. The van der Waals surface area contributed by atoms with E-state index < -0.39 is 10.9 Å². The third kappa shape index (κ3) is 3.30. The molecule has 2 rings (SSSR count). The molecule has 7 heteroatoms. The van der Waals surface area contributed by atoms with Crippen LogP contribution in [0.2, 0.25) is 0 Å². The number of nitrogens with zero attached hydrogens (tertiary/aromatic N) is 2. The number of carboxylic acid groups (broad SMARTS) is 1. The molecule has 0 fully saturated rings. The summed E-state index contributed by atoms with van der Waals surface area (Å²) in [6.45, 7) is 0. The number of nitro benzene ring substituents is 1. The number of halogens is 1. The summed E-state index contributed by atoms with van der Waals surface area (Å²) in [5, 5.41) is 19.6. The summed E-state index contributed by atoms with van der Waals surface area (Å²) in [6.07, 6.45) is 0. The molecule has 0 bridgehead atoms. The van der Waals surface area contributed by atoms with E-state index in [1.165, 1.54) is 24.3 Å². The first-order chi connectivity index (χ1) is 9.90. The van der Waals surface area contributed by atoms with Crippen molar-refractivity contribution in [3.8, 4) is 0 Å². The van der Waals surface area contributed by atoms with E-state index in [2.05, 4.69) is 0 Å². The minimum Gasteiger partial charge on any atom is -0.478 e. The van der Waals surface area contributed by atoms with Gasteiger partial charge in [-0.05, 0) is 52.9 Å². The van der Waals surface area contributed by atoms with Crippen LogP contribution >= 0.6 is 22.6 Å². The van der Waals surface area contributed by atoms with E-state index in [4.69, 9.17) is 5.11 Å². The maximum absolute atomic E-state index is 10.8. The molecule has 0 saturated heterocycles. The average Bonchev–Trinajstić information content (AvgIpc) is 2.46. The van der Waals surface area contributed by atoms with Gasteiger partial charge in [0.25, 0.3) is 5.69 Å². The molecule has 0 aliphatic carbocycles. The number of anilines is 2. The second kappa shape index (κ2) is 6.08. The number of carbonyl (C=O) groups is 1. The summed E-state index contributed by atoms with van der Waals surface area (Å²) in [4.78, 5) is 23.0. The highest BCUT2D eigenvalue weighted by atomic mass is 127. The molecule has 0 aliphatic rings. The van der Waals surface area contributed by atoms with Crippen LogP contribution in [0.15, 0.2) is 42.5 Å². The van der Waals surface area contributed by atoms with Crippen molar-refractivity contribution in [2.75, 3.05) is 11.9 Å². The van der Waals surface area contributed by atoms with E-state index >= 15 is 0 Å². The fourth-order valence-electron chi connectivity index (χ4n) is 1.85. The van der Waals surface area contributed by atoms with Crippen LogP contribution in [-0.4, -0.2) is 23.0 Å². The summed E-state index contributed by atoms with van der Waals surface area (Å²) in [6, 6.07) is 11.0. The summed E-state index contributed by atoms with van der Waals surface area (Å²) in [5.41, 5.74) is 1.86. The minimum atomic E-state index is -0.978. The average molecular weight is 398 g/mol. The van der Waals surface area contributed by atoms with Crippen molar-refractivity contribution in [3.05, 3.63) is 61.7 Å². The topological polar surface area (TPSA) is 83.7 Å². The first-order valence-corrected chi connectivity index (χ1v) is 6.99. The number of rotatable bonds is 4. The molecular weight excluding hydrogens is 387 g/mol. The van der Waals surface area contributed by atoms with Crippen LogP contribution in [0.25, 0.3) is 0 Å². The predicted octanol–water partition coefficient (Wildman–Crippen LogP) is 3.67. The molecule has 0 amide bonds. The third-order valence-corrected chi connectivity index (χ3v) is 3.87.